The first-order valence-electron chi connectivity index (χ1n) is 6.99. The van der Waals surface area contributed by atoms with E-state index in [-0.39, 0.29) is 5.92 Å². The Bertz CT molecular complexity index is 380. The minimum absolute atomic E-state index is 0.187. The van der Waals surface area contributed by atoms with Crippen LogP contribution in [-0.2, 0) is 11.2 Å². The minimum Gasteiger partial charge on any atom is -0.379 e. The van der Waals surface area contributed by atoms with Crippen molar-refractivity contribution in [2.75, 3.05) is 40.4 Å². The van der Waals surface area contributed by atoms with Crippen molar-refractivity contribution in [1.82, 2.24) is 20.4 Å². The SMILES string of the molecule is CCCNC1COCC1c1nc(CCN(C)C)no1. The molecule has 0 radical (unpaired) electrons. The van der Waals surface area contributed by atoms with Gasteiger partial charge in [0.25, 0.3) is 0 Å². The van der Waals surface area contributed by atoms with Gasteiger partial charge in [0.15, 0.2) is 5.82 Å². The van der Waals surface area contributed by atoms with Gasteiger partial charge in [-0.05, 0) is 27.1 Å². The summed E-state index contributed by atoms with van der Waals surface area (Å²) >= 11 is 0. The van der Waals surface area contributed by atoms with Crippen LogP contribution in [0.3, 0.4) is 0 Å². The maximum absolute atomic E-state index is 5.53. The van der Waals surface area contributed by atoms with Crippen molar-refractivity contribution < 1.29 is 9.26 Å². The minimum atomic E-state index is 0.187. The monoisotopic (exact) mass is 268 g/mol. The van der Waals surface area contributed by atoms with Crippen LogP contribution in [0.25, 0.3) is 0 Å². The molecule has 1 fully saturated rings. The van der Waals surface area contributed by atoms with Crippen LogP contribution in [0.1, 0.15) is 31.0 Å². The molecule has 19 heavy (non-hydrogen) atoms. The van der Waals surface area contributed by atoms with Crippen LogP contribution in [0.2, 0.25) is 0 Å². The highest BCUT2D eigenvalue weighted by atomic mass is 16.5. The summed E-state index contributed by atoms with van der Waals surface area (Å²) in [6, 6.07) is 0.294. The fraction of sp³-hybridized carbons (Fsp3) is 0.846. The number of nitrogens with zero attached hydrogens (tertiary/aromatic N) is 3. The van der Waals surface area contributed by atoms with Crippen LogP contribution in [0.15, 0.2) is 4.52 Å². The first kappa shape index (κ1) is 14.4. The van der Waals surface area contributed by atoms with E-state index in [9.17, 15) is 0 Å². The molecule has 1 aromatic heterocycles. The Kier molecular flexibility index (Phi) is 5.30. The number of ether oxygens (including phenoxy) is 1. The van der Waals surface area contributed by atoms with Gasteiger partial charge in [-0.15, -0.1) is 0 Å². The number of aromatic nitrogens is 2. The molecule has 2 rings (SSSR count). The third kappa shape index (κ3) is 3.99. The van der Waals surface area contributed by atoms with Crippen LogP contribution in [0, 0.1) is 0 Å². The average Bonchev–Trinajstić information content (AvgIpc) is 3.02. The number of rotatable bonds is 7. The van der Waals surface area contributed by atoms with E-state index < -0.39 is 0 Å². The Labute approximate surface area is 114 Å². The highest BCUT2D eigenvalue weighted by Gasteiger charge is 2.33. The summed E-state index contributed by atoms with van der Waals surface area (Å²) in [5.41, 5.74) is 0. The molecule has 0 saturated carbocycles. The molecule has 0 aliphatic carbocycles. The van der Waals surface area contributed by atoms with E-state index in [1.807, 2.05) is 14.1 Å². The van der Waals surface area contributed by atoms with Gasteiger partial charge >= 0.3 is 0 Å². The lowest BCUT2D eigenvalue weighted by Crippen LogP contribution is -2.35. The van der Waals surface area contributed by atoms with E-state index in [4.69, 9.17) is 9.26 Å². The van der Waals surface area contributed by atoms with Crippen LogP contribution in [0.4, 0.5) is 0 Å². The van der Waals surface area contributed by atoms with Crippen molar-refractivity contribution in [1.29, 1.82) is 0 Å². The highest BCUT2D eigenvalue weighted by molar-refractivity contribution is 5.02. The molecule has 1 N–H and O–H groups in total. The van der Waals surface area contributed by atoms with Gasteiger partial charge in [0.1, 0.15) is 0 Å². The maximum Gasteiger partial charge on any atom is 0.233 e. The van der Waals surface area contributed by atoms with Gasteiger partial charge in [0.05, 0.1) is 19.1 Å². The summed E-state index contributed by atoms with van der Waals surface area (Å²) < 4.78 is 10.9. The predicted octanol–water partition coefficient (Wildman–Crippen LogP) is 0.656. The van der Waals surface area contributed by atoms with Crippen molar-refractivity contribution in [3.8, 4) is 0 Å². The molecule has 2 heterocycles. The molecule has 1 saturated heterocycles. The van der Waals surface area contributed by atoms with Gasteiger partial charge < -0.3 is 19.5 Å². The first-order chi connectivity index (χ1) is 9.20. The van der Waals surface area contributed by atoms with E-state index in [1.165, 1.54) is 0 Å². The number of hydrogen-bond donors (Lipinski definition) is 1. The molecule has 0 bridgehead atoms. The topological polar surface area (TPSA) is 63.4 Å². The normalized spacial score (nSPS) is 23.4. The molecule has 6 nitrogen and oxygen atoms in total. The molecule has 0 spiro atoms. The second kappa shape index (κ2) is 6.98. The second-order valence-corrected chi connectivity index (χ2v) is 5.31. The fourth-order valence-electron chi connectivity index (χ4n) is 2.17. The summed E-state index contributed by atoms with van der Waals surface area (Å²) in [6.45, 7) is 5.46. The molecule has 108 valence electrons. The Hall–Kier alpha value is -0.980. The third-order valence-electron chi connectivity index (χ3n) is 3.32. The third-order valence-corrected chi connectivity index (χ3v) is 3.32. The smallest absolute Gasteiger partial charge is 0.233 e. The van der Waals surface area contributed by atoms with Crippen LogP contribution < -0.4 is 5.32 Å². The summed E-state index contributed by atoms with van der Waals surface area (Å²) in [4.78, 5) is 6.61. The molecule has 2 atom stereocenters. The van der Waals surface area contributed by atoms with E-state index in [1.54, 1.807) is 0 Å². The largest absolute Gasteiger partial charge is 0.379 e. The molecule has 0 aromatic carbocycles. The Morgan fingerprint density at radius 2 is 2.21 bits per heavy atom. The van der Waals surface area contributed by atoms with Gasteiger partial charge in [0.2, 0.25) is 5.89 Å². The zero-order valence-corrected chi connectivity index (χ0v) is 12.1. The molecule has 2 unspecified atom stereocenters. The Morgan fingerprint density at radius 1 is 1.37 bits per heavy atom. The van der Waals surface area contributed by atoms with Crippen LogP contribution in [-0.4, -0.2) is 61.5 Å². The summed E-state index contributed by atoms with van der Waals surface area (Å²) in [5, 5.41) is 7.53. The molecule has 6 heteroatoms. The standard InChI is InChI=1S/C13H24N4O2/c1-4-6-14-11-9-18-8-10(11)13-15-12(16-19-13)5-7-17(2)3/h10-11,14H,4-9H2,1-3H3. The zero-order valence-electron chi connectivity index (χ0n) is 12.1. The molecule has 0 amide bonds. The van der Waals surface area contributed by atoms with E-state index in [0.717, 1.165) is 38.4 Å². The summed E-state index contributed by atoms with van der Waals surface area (Å²) in [7, 11) is 4.08. The van der Waals surface area contributed by atoms with Crippen molar-refractivity contribution in [2.45, 2.75) is 31.7 Å². The maximum atomic E-state index is 5.53. The van der Waals surface area contributed by atoms with Crippen molar-refractivity contribution in [2.24, 2.45) is 0 Å². The van der Waals surface area contributed by atoms with Crippen LogP contribution in [0.5, 0.6) is 0 Å². The number of likely N-dealkylation sites (N-methyl/N-ethyl adjacent to an activating group) is 1. The summed E-state index contributed by atoms with van der Waals surface area (Å²) in [6.07, 6.45) is 1.93. The number of nitrogens with one attached hydrogen (secondary N) is 1. The highest BCUT2D eigenvalue weighted by Crippen LogP contribution is 2.24. The van der Waals surface area contributed by atoms with Gasteiger partial charge in [-0.2, -0.15) is 4.98 Å². The predicted molar refractivity (Wildman–Crippen MR) is 72.2 cm³/mol. The Balaban J connectivity index is 1.93. The molecule has 1 aliphatic heterocycles. The lowest BCUT2D eigenvalue weighted by molar-refractivity contribution is 0.184. The quantitative estimate of drug-likeness (QED) is 0.783. The fourth-order valence-corrected chi connectivity index (χ4v) is 2.17. The first-order valence-corrected chi connectivity index (χ1v) is 6.99. The van der Waals surface area contributed by atoms with E-state index in [0.29, 0.717) is 18.5 Å². The molecular formula is C13H24N4O2. The van der Waals surface area contributed by atoms with E-state index in [2.05, 4.69) is 27.3 Å². The number of hydrogen-bond acceptors (Lipinski definition) is 6. The average molecular weight is 268 g/mol. The van der Waals surface area contributed by atoms with Crippen molar-refractivity contribution in [3.05, 3.63) is 11.7 Å². The van der Waals surface area contributed by atoms with E-state index >= 15 is 0 Å². The lowest BCUT2D eigenvalue weighted by Gasteiger charge is -2.15. The second-order valence-electron chi connectivity index (χ2n) is 5.31. The van der Waals surface area contributed by atoms with Gasteiger partial charge in [-0.1, -0.05) is 12.1 Å². The van der Waals surface area contributed by atoms with Crippen LogP contribution >= 0.6 is 0 Å². The zero-order chi connectivity index (χ0) is 13.7. The lowest BCUT2D eigenvalue weighted by atomic mass is 10.0. The van der Waals surface area contributed by atoms with Gasteiger partial charge in [-0.3, -0.25) is 0 Å². The Morgan fingerprint density at radius 3 is 2.95 bits per heavy atom. The summed E-state index contributed by atoms with van der Waals surface area (Å²) in [5.74, 6) is 1.68. The molecular weight excluding hydrogens is 244 g/mol. The van der Waals surface area contributed by atoms with Gasteiger partial charge in [-0.25, -0.2) is 0 Å². The molecule has 1 aromatic rings. The van der Waals surface area contributed by atoms with Crippen molar-refractivity contribution in [3.63, 3.8) is 0 Å². The molecule has 1 aliphatic rings. The van der Waals surface area contributed by atoms with Gasteiger partial charge in [0, 0.05) is 19.0 Å². The van der Waals surface area contributed by atoms with Crippen molar-refractivity contribution >= 4 is 0 Å².